The maximum Gasteiger partial charge on any atom is 0.234 e. The molecule has 1 aromatic rings. The number of aliphatic imine (C=N–C) groups is 1. The van der Waals surface area contributed by atoms with Gasteiger partial charge in [0.1, 0.15) is 5.76 Å². The Morgan fingerprint density at radius 1 is 1.19 bits per heavy atom. The zero-order valence-electron chi connectivity index (χ0n) is 19.3. The summed E-state index contributed by atoms with van der Waals surface area (Å²) in [6.45, 7) is 7.46. The van der Waals surface area contributed by atoms with Crippen molar-refractivity contribution in [2.45, 2.75) is 64.0 Å². The molecule has 0 aromatic carbocycles. The Morgan fingerprint density at radius 2 is 2.03 bits per heavy atom. The van der Waals surface area contributed by atoms with Crippen molar-refractivity contribution in [3.05, 3.63) is 24.2 Å². The van der Waals surface area contributed by atoms with E-state index in [1.54, 1.807) is 6.26 Å². The fourth-order valence-electron chi connectivity index (χ4n) is 4.01. The molecule has 2 aliphatic heterocycles. The van der Waals surface area contributed by atoms with Gasteiger partial charge in [0.2, 0.25) is 5.91 Å². The van der Waals surface area contributed by atoms with Crippen molar-refractivity contribution in [1.29, 1.82) is 0 Å². The molecular formula is C23H40IN5O3. The third-order valence-electron chi connectivity index (χ3n) is 5.84. The SMILES string of the molecule is CCCNC(=O)CN1CCC(NC(=NCC2CCCCO2)NCCc2ccco2)CC1.I. The number of likely N-dealkylation sites (tertiary alicyclic amines) is 1. The van der Waals surface area contributed by atoms with Gasteiger partial charge in [-0.25, -0.2) is 0 Å². The van der Waals surface area contributed by atoms with Crippen molar-refractivity contribution < 1.29 is 13.9 Å². The first-order valence-corrected chi connectivity index (χ1v) is 11.9. The zero-order valence-corrected chi connectivity index (χ0v) is 21.6. The highest BCUT2D eigenvalue weighted by molar-refractivity contribution is 14.0. The molecule has 182 valence electrons. The Bertz CT molecular complexity index is 657. The van der Waals surface area contributed by atoms with Gasteiger partial charge in [-0.2, -0.15) is 0 Å². The number of guanidine groups is 1. The first-order chi connectivity index (χ1) is 15.2. The molecule has 2 saturated heterocycles. The van der Waals surface area contributed by atoms with E-state index in [4.69, 9.17) is 14.1 Å². The first-order valence-electron chi connectivity index (χ1n) is 11.9. The summed E-state index contributed by atoms with van der Waals surface area (Å²) in [5.41, 5.74) is 0. The number of ether oxygens (including phenoxy) is 1. The van der Waals surface area contributed by atoms with E-state index >= 15 is 0 Å². The summed E-state index contributed by atoms with van der Waals surface area (Å²) < 4.78 is 11.3. The minimum absolute atomic E-state index is 0. The van der Waals surface area contributed by atoms with Crippen LogP contribution in [0.25, 0.3) is 0 Å². The highest BCUT2D eigenvalue weighted by Gasteiger charge is 2.22. The third-order valence-corrected chi connectivity index (χ3v) is 5.84. The number of amides is 1. The minimum atomic E-state index is 0. The summed E-state index contributed by atoms with van der Waals surface area (Å²) >= 11 is 0. The maximum atomic E-state index is 12.0. The molecule has 2 fully saturated rings. The summed E-state index contributed by atoms with van der Waals surface area (Å²) in [5, 5.41) is 10.0. The monoisotopic (exact) mass is 561 g/mol. The second kappa shape index (κ2) is 15.5. The zero-order chi connectivity index (χ0) is 21.7. The minimum Gasteiger partial charge on any atom is -0.469 e. The molecule has 1 unspecified atom stereocenters. The highest BCUT2D eigenvalue weighted by Crippen LogP contribution is 2.13. The molecule has 0 aliphatic carbocycles. The van der Waals surface area contributed by atoms with Crippen LogP contribution in [0.2, 0.25) is 0 Å². The summed E-state index contributed by atoms with van der Waals surface area (Å²) in [7, 11) is 0. The summed E-state index contributed by atoms with van der Waals surface area (Å²) in [5.74, 6) is 1.94. The standard InChI is InChI=1S/C23H39N5O3.HI/c1-2-11-24-22(29)18-28-13-9-19(10-14-28)27-23(25-12-8-20-7-5-16-30-20)26-17-21-6-3-4-15-31-21;/h5,7,16,19,21H,2-4,6,8-15,17-18H2,1H3,(H,24,29)(H2,25,26,27);1H. The summed E-state index contributed by atoms with van der Waals surface area (Å²) in [6.07, 6.45) is 9.18. The van der Waals surface area contributed by atoms with E-state index < -0.39 is 0 Å². The molecular weight excluding hydrogens is 521 g/mol. The molecule has 0 radical (unpaired) electrons. The molecule has 1 amide bonds. The van der Waals surface area contributed by atoms with Crippen molar-refractivity contribution in [3.8, 4) is 0 Å². The van der Waals surface area contributed by atoms with Crippen LogP contribution < -0.4 is 16.0 Å². The number of carbonyl (C=O) groups is 1. The van der Waals surface area contributed by atoms with Crippen molar-refractivity contribution >= 4 is 35.8 Å². The average Bonchev–Trinajstić information content (AvgIpc) is 3.31. The van der Waals surface area contributed by atoms with Crippen LogP contribution in [0.15, 0.2) is 27.8 Å². The smallest absolute Gasteiger partial charge is 0.234 e. The topological polar surface area (TPSA) is 91.1 Å². The average molecular weight is 562 g/mol. The molecule has 9 heteroatoms. The van der Waals surface area contributed by atoms with Gasteiger partial charge in [0, 0.05) is 45.2 Å². The van der Waals surface area contributed by atoms with E-state index in [2.05, 4.69) is 27.8 Å². The van der Waals surface area contributed by atoms with Gasteiger partial charge in [-0.05, 0) is 50.7 Å². The molecule has 3 heterocycles. The van der Waals surface area contributed by atoms with E-state index in [0.29, 0.717) is 19.1 Å². The lowest BCUT2D eigenvalue weighted by atomic mass is 10.1. The molecule has 1 atom stereocenters. The summed E-state index contributed by atoms with van der Waals surface area (Å²) in [6, 6.07) is 4.27. The predicted molar refractivity (Wildman–Crippen MR) is 138 cm³/mol. The summed E-state index contributed by atoms with van der Waals surface area (Å²) in [4.78, 5) is 19.0. The van der Waals surface area contributed by atoms with Crippen LogP contribution in [0, 0.1) is 0 Å². The van der Waals surface area contributed by atoms with Crippen LogP contribution in [0.1, 0.15) is 51.2 Å². The van der Waals surface area contributed by atoms with Crippen LogP contribution in [0.4, 0.5) is 0 Å². The van der Waals surface area contributed by atoms with Crippen molar-refractivity contribution in [3.63, 3.8) is 0 Å². The molecule has 3 rings (SSSR count). The largest absolute Gasteiger partial charge is 0.469 e. The maximum absolute atomic E-state index is 12.0. The Balaban J connectivity index is 0.00000363. The second-order valence-corrected chi connectivity index (χ2v) is 8.48. The van der Waals surface area contributed by atoms with Gasteiger partial charge < -0.3 is 25.1 Å². The first kappa shape index (κ1) is 26.9. The van der Waals surface area contributed by atoms with Crippen molar-refractivity contribution in [2.24, 2.45) is 4.99 Å². The lowest BCUT2D eigenvalue weighted by Gasteiger charge is -2.32. The predicted octanol–water partition coefficient (Wildman–Crippen LogP) is 2.54. The lowest BCUT2D eigenvalue weighted by molar-refractivity contribution is -0.122. The number of carbonyl (C=O) groups excluding carboxylic acids is 1. The molecule has 8 nitrogen and oxygen atoms in total. The van der Waals surface area contributed by atoms with E-state index in [1.807, 2.05) is 12.1 Å². The Hall–Kier alpha value is -1.33. The van der Waals surface area contributed by atoms with Gasteiger partial charge in [-0.15, -0.1) is 24.0 Å². The van der Waals surface area contributed by atoms with E-state index in [-0.39, 0.29) is 36.0 Å². The Kier molecular flexibility index (Phi) is 13.0. The van der Waals surface area contributed by atoms with Crippen molar-refractivity contribution in [1.82, 2.24) is 20.9 Å². The van der Waals surface area contributed by atoms with Crippen LogP contribution in [0.3, 0.4) is 0 Å². The fourth-order valence-corrected chi connectivity index (χ4v) is 4.01. The van der Waals surface area contributed by atoms with Gasteiger partial charge in [-0.3, -0.25) is 14.7 Å². The second-order valence-electron chi connectivity index (χ2n) is 8.48. The van der Waals surface area contributed by atoms with Crippen LogP contribution >= 0.6 is 24.0 Å². The van der Waals surface area contributed by atoms with Crippen LogP contribution in [0.5, 0.6) is 0 Å². The fraction of sp³-hybridized carbons (Fsp3) is 0.739. The normalized spacial score (nSPS) is 20.4. The van der Waals surface area contributed by atoms with Gasteiger partial charge in [-0.1, -0.05) is 6.92 Å². The van der Waals surface area contributed by atoms with Gasteiger partial charge in [0.05, 0.1) is 25.5 Å². The Morgan fingerprint density at radius 3 is 2.72 bits per heavy atom. The van der Waals surface area contributed by atoms with Gasteiger partial charge >= 0.3 is 0 Å². The molecule has 32 heavy (non-hydrogen) atoms. The number of nitrogens with zero attached hydrogens (tertiary/aromatic N) is 2. The number of furan rings is 1. The molecule has 0 bridgehead atoms. The molecule has 3 N–H and O–H groups in total. The molecule has 0 spiro atoms. The van der Waals surface area contributed by atoms with E-state index in [1.165, 1.54) is 6.42 Å². The molecule has 2 aliphatic rings. The van der Waals surface area contributed by atoms with Crippen LogP contribution in [-0.4, -0.2) is 74.8 Å². The highest BCUT2D eigenvalue weighted by atomic mass is 127. The number of hydrogen-bond acceptors (Lipinski definition) is 5. The molecule has 0 saturated carbocycles. The van der Waals surface area contributed by atoms with Crippen LogP contribution in [-0.2, 0) is 16.0 Å². The quantitative estimate of drug-likeness (QED) is 0.231. The number of halogens is 1. The number of piperidine rings is 1. The number of nitrogens with one attached hydrogen (secondary N) is 3. The number of hydrogen-bond donors (Lipinski definition) is 3. The third kappa shape index (κ3) is 10.1. The van der Waals surface area contributed by atoms with Gasteiger partial charge in [0.25, 0.3) is 0 Å². The lowest BCUT2D eigenvalue weighted by Crippen LogP contribution is -2.50. The van der Waals surface area contributed by atoms with E-state index in [0.717, 1.165) is 83.0 Å². The number of rotatable bonds is 10. The molecule has 1 aromatic heterocycles. The van der Waals surface area contributed by atoms with Crippen molar-refractivity contribution in [2.75, 3.05) is 45.9 Å². The van der Waals surface area contributed by atoms with E-state index in [9.17, 15) is 4.79 Å². The van der Waals surface area contributed by atoms with Gasteiger partial charge in [0.15, 0.2) is 5.96 Å². The Labute approximate surface area is 209 Å².